The Kier molecular flexibility index (Phi) is 4.27. The molecule has 1 aliphatic rings. The monoisotopic (exact) mass is 300 g/mol. The number of halogens is 3. The van der Waals surface area contributed by atoms with E-state index in [0.29, 0.717) is 18.0 Å². The zero-order chi connectivity index (χ0) is 15.7. The number of carbonyl (C=O) groups excluding carboxylic acids is 1. The van der Waals surface area contributed by atoms with Gasteiger partial charge in [0.15, 0.2) is 0 Å². The summed E-state index contributed by atoms with van der Waals surface area (Å²) in [6.45, 7) is 2.27. The molecule has 1 unspecified atom stereocenters. The van der Waals surface area contributed by atoms with Crippen molar-refractivity contribution >= 4 is 5.91 Å². The number of hydrogen-bond donors (Lipinski definition) is 2. The molecule has 2 rings (SSSR count). The maximum atomic E-state index is 12.5. The average molecular weight is 300 g/mol. The summed E-state index contributed by atoms with van der Waals surface area (Å²) < 4.78 is 37.4. The van der Waals surface area contributed by atoms with Crippen LogP contribution in [-0.2, 0) is 17.4 Å². The molecule has 1 fully saturated rings. The van der Waals surface area contributed by atoms with E-state index in [0.717, 1.165) is 25.0 Å². The zero-order valence-electron chi connectivity index (χ0n) is 11.8. The number of hydrogen-bond acceptors (Lipinski definition) is 2. The van der Waals surface area contributed by atoms with E-state index in [9.17, 15) is 18.0 Å². The predicted octanol–water partition coefficient (Wildman–Crippen LogP) is 2.49. The summed E-state index contributed by atoms with van der Waals surface area (Å²) in [5.41, 5.74) is 5.14. The Balaban J connectivity index is 1.96. The summed E-state index contributed by atoms with van der Waals surface area (Å²) in [6.07, 6.45) is -2.20. The molecule has 1 amide bonds. The molecule has 0 saturated heterocycles. The van der Waals surface area contributed by atoms with Gasteiger partial charge >= 0.3 is 6.18 Å². The van der Waals surface area contributed by atoms with Gasteiger partial charge in [0.2, 0.25) is 5.91 Å². The predicted molar refractivity (Wildman–Crippen MR) is 73.5 cm³/mol. The Morgan fingerprint density at radius 2 is 1.86 bits per heavy atom. The lowest BCUT2D eigenvalue weighted by molar-refractivity contribution is -0.137. The van der Waals surface area contributed by atoms with E-state index < -0.39 is 17.3 Å². The highest BCUT2D eigenvalue weighted by atomic mass is 19.4. The van der Waals surface area contributed by atoms with Crippen molar-refractivity contribution < 1.29 is 18.0 Å². The van der Waals surface area contributed by atoms with Crippen LogP contribution in [0.25, 0.3) is 0 Å². The number of amides is 1. The standard InChI is InChI=1S/C15H19F3N2O/c1-14(9-19,11-6-7-11)20-13(21)8-10-2-4-12(5-3-10)15(16,17)18/h2-5,11H,6-9,19H2,1H3,(H,20,21). The first-order valence-corrected chi connectivity index (χ1v) is 6.92. The molecule has 0 spiro atoms. The molecule has 116 valence electrons. The van der Waals surface area contributed by atoms with E-state index in [4.69, 9.17) is 5.73 Å². The second-order valence-electron chi connectivity index (χ2n) is 5.82. The third-order valence-corrected chi connectivity index (χ3v) is 3.97. The lowest BCUT2D eigenvalue weighted by Gasteiger charge is -2.29. The van der Waals surface area contributed by atoms with Crippen molar-refractivity contribution in [1.82, 2.24) is 5.32 Å². The summed E-state index contributed by atoms with van der Waals surface area (Å²) >= 11 is 0. The fraction of sp³-hybridized carbons (Fsp3) is 0.533. The summed E-state index contributed by atoms with van der Waals surface area (Å²) in [4.78, 5) is 12.0. The maximum Gasteiger partial charge on any atom is 0.416 e. The highest BCUT2D eigenvalue weighted by Crippen LogP contribution is 2.39. The molecular weight excluding hydrogens is 281 g/mol. The van der Waals surface area contributed by atoms with E-state index in [1.807, 2.05) is 6.92 Å². The van der Waals surface area contributed by atoms with Gasteiger partial charge in [-0.05, 0) is 43.4 Å². The van der Waals surface area contributed by atoms with E-state index in [2.05, 4.69) is 5.32 Å². The van der Waals surface area contributed by atoms with Crippen molar-refractivity contribution in [2.45, 2.75) is 37.9 Å². The van der Waals surface area contributed by atoms with Gasteiger partial charge in [-0.25, -0.2) is 0 Å². The molecule has 1 aliphatic carbocycles. The Bertz CT molecular complexity index is 509. The molecule has 1 atom stereocenters. The van der Waals surface area contributed by atoms with Gasteiger partial charge in [-0.1, -0.05) is 12.1 Å². The fourth-order valence-electron chi connectivity index (χ4n) is 2.40. The molecule has 0 bridgehead atoms. The number of nitrogens with one attached hydrogen (secondary N) is 1. The van der Waals surface area contributed by atoms with E-state index in [-0.39, 0.29) is 12.3 Å². The van der Waals surface area contributed by atoms with Crippen molar-refractivity contribution in [2.24, 2.45) is 11.7 Å². The van der Waals surface area contributed by atoms with Crippen LogP contribution in [0.5, 0.6) is 0 Å². The van der Waals surface area contributed by atoms with Gasteiger partial charge in [-0.15, -0.1) is 0 Å². The van der Waals surface area contributed by atoms with Gasteiger partial charge in [-0.3, -0.25) is 4.79 Å². The molecule has 3 nitrogen and oxygen atoms in total. The van der Waals surface area contributed by atoms with Crippen LogP contribution in [0.2, 0.25) is 0 Å². The van der Waals surface area contributed by atoms with E-state index in [1.54, 1.807) is 0 Å². The maximum absolute atomic E-state index is 12.5. The van der Waals surface area contributed by atoms with Crippen LogP contribution >= 0.6 is 0 Å². The highest BCUT2D eigenvalue weighted by Gasteiger charge is 2.41. The summed E-state index contributed by atoms with van der Waals surface area (Å²) in [7, 11) is 0. The Morgan fingerprint density at radius 1 is 1.29 bits per heavy atom. The third kappa shape index (κ3) is 3.97. The van der Waals surface area contributed by atoms with Crippen LogP contribution in [-0.4, -0.2) is 18.0 Å². The van der Waals surface area contributed by atoms with Crippen LogP contribution in [0.15, 0.2) is 24.3 Å². The van der Waals surface area contributed by atoms with Gasteiger partial charge in [0.05, 0.1) is 17.5 Å². The number of nitrogens with two attached hydrogens (primary N) is 1. The van der Waals surface area contributed by atoms with Crippen LogP contribution in [0.4, 0.5) is 13.2 Å². The molecular formula is C15H19F3N2O. The van der Waals surface area contributed by atoms with Gasteiger partial charge in [0.1, 0.15) is 0 Å². The zero-order valence-corrected chi connectivity index (χ0v) is 11.8. The minimum absolute atomic E-state index is 0.0560. The summed E-state index contributed by atoms with van der Waals surface area (Å²) in [6, 6.07) is 4.65. The molecule has 0 heterocycles. The Morgan fingerprint density at radius 3 is 2.29 bits per heavy atom. The molecule has 6 heteroatoms. The Labute approximate surface area is 121 Å². The molecule has 0 aliphatic heterocycles. The molecule has 1 aromatic carbocycles. The molecule has 1 saturated carbocycles. The number of alkyl halides is 3. The first-order chi connectivity index (χ1) is 9.74. The normalized spacial score (nSPS) is 18.1. The van der Waals surface area contributed by atoms with Crippen molar-refractivity contribution in [3.63, 3.8) is 0 Å². The van der Waals surface area contributed by atoms with Crippen molar-refractivity contribution in [1.29, 1.82) is 0 Å². The van der Waals surface area contributed by atoms with Crippen molar-refractivity contribution in [3.8, 4) is 0 Å². The first-order valence-electron chi connectivity index (χ1n) is 6.92. The lowest BCUT2D eigenvalue weighted by Crippen LogP contribution is -2.53. The summed E-state index contributed by atoms with van der Waals surface area (Å²) in [5.74, 6) is 0.189. The number of rotatable bonds is 5. The molecule has 21 heavy (non-hydrogen) atoms. The van der Waals surface area contributed by atoms with Crippen molar-refractivity contribution in [2.75, 3.05) is 6.54 Å². The highest BCUT2D eigenvalue weighted by molar-refractivity contribution is 5.79. The number of carbonyl (C=O) groups is 1. The SMILES string of the molecule is CC(CN)(NC(=O)Cc1ccc(C(F)(F)F)cc1)C1CC1. The van der Waals surface area contributed by atoms with Crippen LogP contribution < -0.4 is 11.1 Å². The second kappa shape index (κ2) is 5.67. The average Bonchev–Trinajstić information content (AvgIpc) is 3.22. The van der Waals surface area contributed by atoms with Gasteiger partial charge in [-0.2, -0.15) is 13.2 Å². The topological polar surface area (TPSA) is 55.1 Å². The third-order valence-electron chi connectivity index (χ3n) is 3.97. The number of benzene rings is 1. The van der Waals surface area contributed by atoms with Crippen LogP contribution in [0, 0.1) is 5.92 Å². The largest absolute Gasteiger partial charge is 0.416 e. The quantitative estimate of drug-likeness (QED) is 0.878. The first kappa shape index (κ1) is 15.8. The molecule has 1 aromatic rings. The minimum atomic E-state index is -4.36. The lowest BCUT2D eigenvalue weighted by atomic mass is 9.95. The molecule has 0 radical (unpaired) electrons. The molecule has 3 N–H and O–H groups in total. The smallest absolute Gasteiger partial charge is 0.349 e. The van der Waals surface area contributed by atoms with Gasteiger partial charge in [0, 0.05) is 6.54 Å². The van der Waals surface area contributed by atoms with Gasteiger partial charge < -0.3 is 11.1 Å². The fourth-order valence-corrected chi connectivity index (χ4v) is 2.40. The van der Waals surface area contributed by atoms with Crippen LogP contribution in [0.3, 0.4) is 0 Å². The Hall–Kier alpha value is -1.56. The molecule has 0 aromatic heterocycles. The van der Waals surface area contributed by atoms with E-state index in [1.165, 1.54) is 12.1 Å². The van der Waals surface area contributed by atoms with Gasteiger partial charge in [0.25, 0.3) is 0 Å². The van der Waals surface area contributed by atoms with Crippen LogP contribution in [0.1, 0.15) is 30.9 Å². The summed E-state index contributed by atoms with van der Waals surface area (Å²) in [5, 5.41) is 2.91. The van der Waals surface area contributed by atoms with E-state index >= 15 is 0 Å². The second-order valence-corrected chi connectivity index (χ2v) is 5.82. The van der Waals surface area contributed by atoms with Crippen molar-refractivity contribution in [3.05, 3.63) is 35.4 Å². The minimum Gasteiger partial charge on any atom is -0.349 e.